The summed E-state index contributed by atoms with van der Waals surface area (Å²) in [6.07, 6.45) is -4.41. The number of aliphatic hydroxyl groups excluding tert-OH is 1. The van der Waals surface area contributed by atoms with Crippen molar-refractivity contribution in [3.05, 3.63) is 10.4 Å². The molecule has 3 rings (SSSR count). The number of carbonyl (C=O) groups excluding carboxylic acids is 4. The van der Waals surface area contributed by atoms with Crippen LogP contribution in [0.1, 0.15) is 86.5 Å². The van der Waals surface area contributed by atoms with Gasteiger partial charge in [0, 0.05) is 43.5 Å². The molecule has 3 aliphatic heterocycles. The van der Waals surface area contributed by atoms with E-state index >= 15 is 0 Å². The molecule has 0 aromatic rings. The first kappa shape index (κ1) is 38.4. The number of hydrogen-bond donors (Lipinski definition) is 3. The molecule has 266 valence electrons. The molecule has 47 heavy (non-hydrogen) atoms. The van der Waals surface area contributed by atoms with E-state index in [1.165, 1.54) is 12.0 Å². The van der Waals surface area contributed by atoms with Crippen LogP contribution >= 0.6 is 0 Å². The van der Waals surface area contributed by atoms with Crippen LogP contribution in [-0.4, -0.2) is 114 Å². The van der Waals surface area contributed by atoms with E-state index in [0.29, 0.717) is 19.3 Å². The lowest BCUT2D eigenvalue weighted by Gasteiger charge is -2.43. The van der Waals surface area contributed by atoms with Crippen molar-refractivity contribution in [1.29, 1.82) is 0 Å². The number of nitrogens with zero attached hydrogens (tertiary/aromatic N) is 4. The summed E-state index contributed by atoms with van der Waals surface area (Å²) in [6.45, 7) is 10.9. The largest absolute Gasteiger partial charge is 0.458 e. The Bertz CT molecular complexity index is 1190. The third-order valence-corrected chi connectivity index (χ3v) is 9.61. The van der Waals surface area contributed by atoms with Crippen molar-refractivity contribution in [3.8, 4) is 0 Å². The number of esters is 1. The lowest BCUT2D eigenvalue weighted by molar-refractivity contribution is -0.282. The molecule has 0 aliphatic carbocycles. The quantitative estimate of drug-likeness (QED) is 0.0808. The van der Waals surface area contributed by atoms with Crippen LogP contribution in [0.4, 0.5) is 4.79 Å². The molecule has 16 heteroatoms. The van der Waals surface area contributed by atoms with Crippen LogP contribution in [0, 0.1) is 5.92 Å². The monoisotopic (exact) mass is 668 g/mol. The number of rotatable bonds is 9. The maximum Gasteiger partial charge on any atom is 0.410 e. The zero-order valence-corrected chi connectivity index (χ0v) is 28.5. The molecule has 0 aromatic heterocycles. The highest BCUT2D eigenvalue weighted by Gasteiger charge is 2.58. The van der Waals surface area contributed by atoms with Crippen molar-refractivity contribution in [3.63, 3.8) is 0 Å². The van der Waals surface area contributed by atoms with Crippen molar-refractivity contribution in [1.82, 2.24) is 10.2 Å². The minimum Gasteiger partial charge on any atom is -0.458 e. The third-order valence-electron chi connectivity index (χ3n) is 9.61. The second kappa shape index (κ2) is 16.4. The van der Waals surface area contributed by atoms with Crippen LogP contribution < -0.4 is 11.1 Å². The first-order chi connectivity index (χ1) is 22.1. The van der Waals surface area contributed by atoms with Gasteiger partial charge in [0.15, 0.2) is 11.9 Å². The minimum absolute atomic E-state index is 0.0902. The van der Waals surface area contributed by atoms with E-state index in [1.54, 1.807) is 41.5 Å². The second-order valence-corrected chi connectivity index (χ2v) is 13.4. The zero-order chi connectivity index (χ0) is 35.1. The van der Waals surface area contributed by atoms with E-state index in [-0.39, 0.29) is 44.4 Å². The van der Waals surface area contributed by atoms with Crippen LogP contribution in [0.3, 0.4) is 0 Å². The van der Waals surface area contributed by atoms with E-state index < -0.39 is 84.1 Å². The fraction of sp³-hybridized carbons (Fsp3) is 0.871. The average molecular weight is 669 g/mol. The van der Waals surface area contributed by atoms with Crippen LogP contribution in [0.15, 0.2) is 5.11 Å². The highest BCUT2D eigenvalue weighted by Crippen LogP contribution is 2.39. The average Bonchev–Trinajstić information content (AvgIpc) is 3.26. The first-order valence-corrected chi connectivity index (χ1v) is 16.4. The number of Topliss-reactive ketones (excluding diaryl/α,β-unsaturated/α-hetero) is 1. The van der Waals surface area contributed by atoms with Crippen molar-refractivity contribution >= 4 is 23.8 Å². The van der Waals surface area contributed by atoms with E-state index in [2.05, 4.69) is 15.3 Å². The van der Waals surface area contributed by atoms with Crippen LogP contribution in [0.2, 0.25) is 0 Å². The predicted octanol–water partition coefficient (Wildman–Crippen LogP) is 2.49. The van der Waals surface area contributed by atoms with Gasteiger partial charge in [0.1, 0.15) is 24.4 Å². The number of fused-ring (bicyclic) bond motifs is 1. The van der Waals surface area contributed by atoms with Crippen molar-refractivity contribution in [2.45, 2.75) is 147 Å². The fourth-order valence-corrected chi connectivity index (χ4v) is 7.00. The zero-order valence-electron chi connectivity index (χ0n) is 28.5. The van der Waals surface area contributed by atoms with Crippen LogP contribution in [0.25, 0.3) is 10.4 Å². The Morgan fingerprint density at radius 3 is 2.53 bits per heavy atom. The highest BCUT2D eigenvalue weighted by atomic mass is 16.7. The molecule has 3 aliphatic rings. The molecule has 3 fully saturated rings. The maximum absolute atomic E-state index is 13.7. The summed E-state index contributed by atoms with van der Waals surface area (Å²) in [6, 6.07) is -2.03. The smallest absolute Gasteiger partial charge is 0.410 e. The Balaban J connectivity index is 1.98. The summed E-state index contributed by atoms with van der Waals surface area (Å²) in [5.41, 5.74) is 12.1. The van der Waals surface area contributed by atoms with Crippen LogP contribution in [-0.2, 0) is 38.1 Å². The molecular weight excluding hydrogens is 616 g/mol. The molecule has 0 saturated carbocycles. The number of nitrogens with two attached hydrogens (primary N) is 1. The van der Waals surface area contributed by atoms with Gasteiger partial charge in [0.25, 0.3) is 0 Å². The normalized spacial score (nSPS) is 39.1. The topological polar surface area (TPSA) is 225 Å². The molecular formula is C31H52N6O10. The summed E-state index contributed by atoms with van der Waals surface area (Å²) in [5, 5.41) is 17.3. The molecule has 0 bridgehead atoms. The SMILES string of the molecule is CC[C@H]1OC(=O)CC(=O)C[C@@H](O[C@@H]2OC(C)CC(N)C2O)[C@](C)(OC)C[C@@H](C)C(=O)N[C@H](C)[C@H]2N(CCCCN=[N+]=[N-])C(=O)O[C@]12C. The number of carbonyl (C=O) groups is 4. The number of aliphatic hydroxyl groups is 1. The Hall–Kier alpha value is -3.01. The minimum atomic E-state index is -1.37. The summed E-state index contributed by atoms with van der Waals surface area (Å²) in [5.74, 6) is -2.35. The van der Waals surface area contributed by atoms with Gasteiger partial charge < -0.3 is 39.8 Å². The molecule has 0 aromatic carbocycles. The lowest BCUT2D eigenvalue weighted by Crippen LogP contribution is -2.61. The summed E-state index contributed by atoms with van der Waals surface area (Å²) in [4.78, 5) is 58.0. The van der Waals surface area contributed by atoms with Crippen LogP contribution in [0.5, 0.6) is 0 Å². The van der Waals surface area contributed by atoms with E-state index in [4.69, 9.17) is 34.9 Å². The molecule has 11 atom stereocenters. The van der Waals surface area contributed by atoms with Gasteiger partial charge in [0.05, 0.1) is 29.9 Å². The lowest BCUT2D eigenvalue weighted by atomic mass is 9.83. The van der Waals surface area contributed by atoms with Gasteiger partial charge in [-0.3, -0.25) is 19.3 Å². The molecule has 3 unspecified atom stereocenters. The number of ketones is 1. The summed E-state index contributed by atoms with van der Waals surface area (Å²) in [7, 11) is 1.43. The fourth-order valence-electron chi connectivity index (χ4n) is 7.00. The number of hydrogen-bond acceptors (Lipinski definition) is 12. The van der Waals surface area contributed by atoms with E-state index in [9.17, 15) is 24.3 Å². The molecule has 3 heterocycles. The highest BCUT2D eigenvalue weighted by molar-refractivity contribution is 5.96. The summed E-state index contributed by atoms with van der Waals surface area (Å²) >= 11 is 0. The first-order valence-electron chi connectivity index (χ1n) is 16.4. The molecule has 3 saturated heterocycles. The van der Waals surface area contributed by atoms with Gasteiger partial charge in [-0.15, -0.1) is 0 Å². The molecule has 0 spiro atoms. The maximum atomic E-state index is 13.7. The van der Waals surface area contributed by atoms with Crippen molar-refractivity contribution in [2.24, 2.45) is 16.8 Å². The summed E-state index contributed by atoms with van der Waals surface area (Å²) < 4.78 is 29.7. The number of azide groups is 1. The number of nitrogens with one attached hydrogen (secondary N) is 1. The second-order valence-electron chi connectivity index (χ2n) is 13.4. The van der Waals surface area contributed by atoms with E-state index in [1.807, 2.05) is 0 Å². The Morgan fingerprint density at radius 2 is 1.89 bits per heavy atom. The third kappa shape index (κ3) is 9.12. The molecule has 0 radical (unpaired) electrons. The Morgan fingerprint density at radius 1 is 1.19 bits per heavy atom. The van der Waals surface area contributed by atoms with E-state index in [0.717, 1.165) is 0 Å². The predicted molar refractivity (Wildman–Crippen MR) is 168 cm³/mol. The van der Waals surface area contributed by atoms with Gasteiger partial charge >= 0.3 is 12.1 Å². The number of methoxy groups -OCH3 is 1. The van der Waals surface area contributed by atoms with Gasteiger partial charge in [-0.25, -0.2) is 4.79 Å². The molecule has 16 nitrogen and oxygen atoms in total. The standard InChI is InChI=1S/C31H52N6O10/c1-8-22-31(6)26(37(29(42)47-31)12-10-9-11-34-36-33)19(4)35-27(41)17(2)16-30(5,43-7)23(14-20(38)15-24(39)45-22)46-28-25(40)21(32)13-18(3)44-28/h17-19,21-23,25-26,28,40H,8-16,32H2,1-7H3,(H,35,41)/t17-,18?,19-,21?,22-,23-,25?,26-,28+,30-,31-/m1/s1. The number of ether oxygens (including phenoxy) is 5. The van der Waals surface area contributed by atoms with Gasteiger partial charge in [-0.2, -0.15) is 0 Å². The Kier molecular flexibility index (Phi) is 13.4. The van der Waals surface area contributed by atoms with Gasteiger partial charge in [-0.1, -0.05) is 19.0 Å². The number of unbranched alkanes of at least 4 members (excludes halogenated alkanes) is 1. The molecule has 2 amide bonds. The number of cyclic esters (lactones) is 1. The van der Waals surface area contributed by atoms with Gasteiger partial charge in [-0.05, 0) is 65.3 Å². The van der Waals surface area contributed by atoms with Crippen molar-refractivity contribution in [2.75, 3.05) is 20.2 Å². The van der Waals surface area contributed by atoms with Crippen molar-refractivity contribution < 1.29 is 48.0 Å². The molecule has 4 N–H and O–H groups in total. The number of amides is 2. The van der Waals surface area contributed by atoms with Gasteiger partial charge in [0.2, 0.25) is 5.91 Å². The Labute approximate surface area is 275 Å².